The van der Waals surface area contributed by atoms with E-state index in [0.717, 1.165) is 10.5 Å². The van der Waals surface area contributed by atoms with Gasteiger partial charge in [0, 0.05) is 4.90 Å². The lowest BCUT2D eigenvalue weighted by molar-refractivity contribution is 0.578. The van der Waals surface area contributed by atoms with Crippen LogP contribution in [0.15, 0.2) is 49.7 Å². The lowest BCUT2D eigenvalue weighted by Crippen LogP contribution is -2.17. The number of rotatable bonds is 4. The molecule has 0 aliphatic carbocycles. The molecule has 2 nitrogen and oxygen atoms in total. The predicted molar refractivity (Wildman–Crippen MR) is 95.9 cm³/mol. The van der Waals surface area contributed by atoms with Crippen molar-refractivity contribution in [3.63, 3.8) is 0 Å². The Hall–Kier alpha value is -0.780. The van der Waals surface area contributed by atoms with Crippen molar-refractivity contribution in [2.45, 2.75) is 59.3 Å². The van der Waals surface area contributed by atoms with Crippen LogP contribution in [-0.4, -0.2) is 13.7 Å². The van der Waals surface area contributed by atoms with E-state index >= 15 is 0 Å². The van der Waals surface area contributed by atoms with E-state index in [1.54, 1.807) is 43.0 Å². The summed E-state index contributed by atoms with van der Waals surface area (Å²) in [6.07, 6.45) is 0. The Kier molecular flexibility index (Phi) is 5.09. The first-order valence-corrected chi connectivity index (χ1v) is 10.5. The Morgan fingerprint density at radius 3 is 2.32 bits per heavy atom. The van der Waals surface area contributed by atoms with Crippen LogP contribution in [0.4, 0.5) is 0 Å². The van der Waals surface area contributed by atoms with E-state index in [9.17, 15) is 8.42 Å². The molecule has 5 heteroatoms. The molecule has 0 aliphatic heterocycles. The number of hydrogen-bond acceptors (Lipinski definition) is 4. The van der Waals surface area contributed by atoms with E-state index in [-0.39, 0.29) is 5.41 Å². The zero-order valence-electron chi connectivity index (χ0n) is 13.6. The maximum atomic E-state index is 12.6. The van der Waals surface area contributed by atoms with Crippen molar-refractivity contribution in [1.29, 1.82) is 0 Å². The molecule has 0 unspecified atom stereocenters. The van der Waals surface area contributed by atoms with Crippen LogP contribution in [0.3, 0.4) is 0 Å². The van der Waals surface area contributed by atoms with Gasteiger partial charge in [0.1, 0.15) is 0 Å². The molecule has 0 radical (unpaired) electrons. The molecule has 1 aromatic heterocycles. The number of benzene rings is 1. The Balaban J connectivity index is 2.55. The molecule has 0 bridgehead atoms. The van der Waals surface area contributed by atoms with Crippen molar-refractivity contribution in [2.24, 2.45) is 0 Å². The minimum absolute atomic E-state index is 0.0900. The van der Waals surface area contributed by atoms with Gasteiger partial charge in [-0.15, -0.1) is 11.3 Å². The fourth-order valence-electron chi connectivity index (χ4n) is 1.94. The Labute approximate surface area is 141 Å². The van der Waals surface area contributed by atoms with E-state index in [4.69, 9.17) is 0 Å². The fourth-order valence-corrected chi connectivity index (χ4v) is 4.99. The van der Waals surface area contributed by atoms with Crippen molar-refractivity contribution in [3.05, 3.63) is 41.3 Å². The Morgan fingerprint density at radius 1 is 1.14 bits per heavy atom. The van der Waals surface area contributed by atoms with Gasteiger partial charge >= 0.3 is 0 Å². The van der Waals surface area contributed by atoms with Gasteiger partial charge in [-0.25, -0.2) is 8.42 Å². The molecule has 0 N–H and O–H groups in total. The van der Waals surface area contributed by atoms with Crippen molar-refractivity contribution < 1.29 is 8.42 Å². The fraction of sp³-hybridized carbons (Fsp3) is 0.412. The summed E-state index contributed by atoms with van der Waals surface area (Å²) in [6, 6.07) is 9.79. The molecule has 120 valence electrons. The molecule has 1 heterocycles. The second-order valence-electron chi connectivity index (χ2n) is 6.57. The summed E-state index contributed by atoms with van der Waals surface area (Å²) in [5.74, 6) is 0. The van der Waals surface area contributed by atoms with Gasteiger partial charge in [-0.2, -0.15) is 0 Å². The zero-order valence-corrected chi connectivity index (χ0v) is 16.0. The van der Waals surface area contributed by atoms with Crippen LogP contribution in [0.5, 0.6) is 0 Å². The van der Waals surface area contributed by atoms with Gasteiger partial charge < -0.3 is 0 Å². The molecule has 2 aromatic rings. The molecule has 2 rings (SSSR count). The highest BCUT2D eigenvalue weighted by atomic mass is 32.2. The summed E-state index contributed by atoms with van der Waals surface area (Å²) in [5, 5.41) is 1.61. The molecular formula is C17H22O2S3. The average molecular weight is 355 g/mol. The highest BCUT2D eigenvalue weighted by Gasteiger charge is 2.23. The highest BCUT2D eigenvalue weighted by molar-refractivity contribution is 8.01. The van der Waals surface area contributed by atoms with Crippen molar-refractivity contribution >= 4 is 32.9 Å². The zero-order chi connectivity index (χ0) is 16.5. The van der Waals surface area contributed by atoms with Gasteiger partial charge in [-0.1, -0.05) is 38.6 Å². The van der Waals surface area contributed by atoms with E-state index in [0.29, 0.717) is 4.90 Å². The lowest BCUT2D eigenvalue weighted by Gasteiger charge is -2.21. The van der Waals surface area contributed by atoms with Crippen molar-refractivity contribution in [3.8, 4) is 0 Å². The first kappa shape index (κ1) is 17.6. The molecule has 0 aliphatic rings. The monoisotopic (exact) mass is 354 g/mol. The van der Waals surface area contributed by atoms with Crippen LogP contribution in [0.1, 0.15) is 40.2 Å². The van der Waals surface area contributed by atoms with Crippen LogP contribution < -0.4 is 0 Å². The van der Waals surface area contributed by atoms with Crippen LogP contribution >= 0.6 is 23.1 Å². The summed E-state index contributed by atoms with van der Waals surface area (Å²) < 4.78 is 26.3. The molecule has 0 atom stereocenters. The summed E-state index contributed by atoms with van der Waals surface area (Å²) in [6.45, 7) is 9.77. The number of thiophene rings is 1. The van der Waals surface area contributed by atoms with E-state index in [1.807, 2.05) is 17.5 Å². The van der Waals surface area contributed by atoms with Crippen molar-refractivity contribution in [2.75, 3.05) is 0 Å². The summed E-state index contributed by atoms with van der Waals surface area (Å²) >= 11 is 3.28. The summed E-state index contributed by atoms with van der Waals surface area (Å²) in [7, 11) is -3.27. The average Bonchev–Trinajstić information content (AvgIpc) is 2.90. The minimum Gasteiger partial charge on any atom is -0.223 e. The second kappa shape index (κ2) is 6.38. The van der Waals surface area contributed by atoms with Gasteiger partial charge in [0.25, 0.3) is 0 Å². The van der Waals surface area contributed by atoms with Gasteiger partial charge in [0.2, 0.25) is 0 Å². The highest BCUT2D eigenvalue weighted by Crippen LogP contribution is 2.36. The Bertz CT molecular complexity index is 737. The van der Waals surface area contributed by atoms with E-state index in [2.05, 4.69) is 32.9 Å². The third kappa shape index (κ3) is 3.94. The van der Waals surface area contributed by atoms with Gasteiger partial charge in [-0.05, 0) is 54.5 Å². The first-order chi connectivity index (χ1) is 10.1. The molecule has 0 amide bonds. The minimum atomic E-state index is -3.27. The molecule has 22 heavy (non-hydrogen) atoms. The SMILES string of the molecule is CC(C)S(=O)(=O)c1cc(Sc2cccs2)cc(C(C)(C)C)c1. The maximum absolute atomic E-state index is 12.6. The van der Waals surface area contributed by atoms with Gasteiger partial charge in [0.05, 0.1) is 14.4 Å². The number of sulfone groups is 1. The first-order valence-electron chi connectivity index (χ1n) is 7.21. The standard InChI is InChI=1S/C17H22O2S3/c1-12(2)22(18,19)15-10-13(17(3,4)5)9-14(11-15)21-16-7-6-8-20-16/h6-12H,1-5H3. The molecule has 0 saturated heterocycles. The third-order valence-corrected chi connectivity index (χ3v) is 7.55. The smallest absolute Gasteiger partial charge is 0.180 e. The quantitative estimate of drug-likeness (QED) is 0.739. The van der Waals surface area contributed by atoms with Gasteiger partial charge in [0.15, 0.2) is 9.84 Å². The molecular weight excluding hydrogens is 332 g/mol. The van der Waals surface area contributed by atoms with E-state index in [1.165, 1.54) is 4.21 Å². The molecule has 1 aromatic carbocycles. The van der Waals surface area contributed by atoms with Crippen molar-refractivity contribution in [1.82, 2.24) is 0 Å². The van der Waals surface area contributed by atoms with Crippen LogP contribution in [-0.2, 0) is 15.3 Å². The topological polar surface area (TPSA) is 34.1 Å². The molecule has 0 fully saturated rings. The van der Waals surface area contributed by atoms with Crippen LogP contribution in [0.2, 0.25) is 0 Å². The normalized spacial score (nSPS) is 12.8. The number of hydrogen-bond donors (Lipinski definition) is 0. The van der Waals surface area contributed by atoms with E-state index < -0.39 is 15.1 Å². The maximum Gasteiger partial charge on any atom is 0.180 e. The molecule has 0 spiro atoms. The Morgan fingerprint density at radius 2 is 1.82 bits per heavy atom. The van der Waals surface area contributed by atoms with Gasteiger partial charge in [-0.3, -0.25) is 0 Å². The second-order valence-corrected chi connectivity index (χ2v) is 11.4. The summed E-state index contributed by atoms with van der Waals surface area (Å²) in [5.41, 5.74) is 0.959. The largest absolute Gasteiger partial charge is 0.223 e. The van der Waals surface area contributed by atoms with Crippen LogP contribution in [0.25, 0.3) is 0 Å². The summed E-state index contributed by atoms with van der Waals surface area (Å²) in [4.78, 5) is 1.41. The third-order valence-electron chi connectivity index (χ3n) is 3.41. The lowest BCUT2D eigenvalue weighted by atomic mass is 9.87. The molecule has 0 saturated carbocycles. The van der Waals surface area contributed by atoms with Crippen LogP contribution in [0, 0.1) is 0 Å². The predicted octanol–water partition coefficient (Wildman–Crippen LogP) is 5.38.